The van der Waals surface area contributed by atoms with Gasteiger partial charge in [-0.25, -0.2) is 0 Å². The second kappa shape index (κ2) is 4.28. The molecule has 0 N–H and O–H groups in total. The zero-order valence-corrected chi connectivity index (χ0v) is 9.91. The molecule has 72 valence electrons. The summed E-state index contributed by atoms with van der Waals surface area (Å²) in [5.41, 5.74) is 0. The molecule has 0 radical (unpaired) electrons. The van der Waals surface area contributed by atoms with Gasteiger partial charge in [0.05, 0.1) is 0 Å². The van der Waals surface area contributed by atoms with Crippen molar-refractivity contribution in [3.8, 4) is 0 Å². The van der Waals surface area contributed by atoms with E-state index in [0.29, 0.717) is 0 Å². The molecule has 2 rings (SSSR count). The molecule has 0 heterocycles. The van der Waals surface area contributed by atoms with E-state index in [1.807, 2.05) is 23.5 Å². The molecule has 0 fully saturated rings. The Bertz CT molecular complexity index is 407. The third-order valence-corrected chi connectivity index (χ3v) is 3.88. The van der Waals surface area contributed by atoms with Gasteiger partial charge in [0.1, 0.15) is 0 Å². The second-order valence-corrected chi connectivity index (χ2v) is 4.71. The Morgan fingerprint density at radius 3 is 1.50 bits per heavy atom. The number of hydrogen-bond donors (Lipinski definition) is 0. The monoisotopic (exact) mass is 220 g/mol. The molecule has 0 saturated carbocycles. The first kappa shape index (κ1) is 9.94. The topological polar surface area (TPSA) is 0 Å². The molecule has 0 spiro atoms. The van der Waals surface area contributed by atoms with Gasteiger partial charge < -0.3 is 0 Å². The first-order valence-corrected chi connectivity index (χ1v) is 6.91. The van der Waals surface area contributed by atoms with E-state index in [4.69, 9.17) is 0 Å². The van der Waals surface area contributed by atoms with Crippen LogP contribution in [0, 0.1) is 0 Å². The molecule has 0 amide bonds. The van der Waals surface area contributed by atoms with Crippen LogP contribution in [-0.4, -0.2) is 12.5 Å². The van der Waals surface area contributed by atoms with Crippen molar-refractivity contribution in [1.82, 2.24) is 0 Å². The van der Waals surface area contributed by atoms with Crippen LogP contribution in [0.15, 0.2) is 46.2 Å². The third-order valence-electron chi connectivity index (χ3n) is 2.28. The molecule has 0 atom stereocenters. The van der Waals surface area contributed by atoms with Gasteiger partial charge in [0.25, 0.3) is 0 Å². The SMILES string of the molecule is CSc1ccc(SC)c2ccccc12. The molecule has 0 bridgehead atoms. The average molecular weight is 220 g/mol. The van der Waals surface area contributed by atoms with Crippen LogP contribution in [0.5, 0.6) is 0 Å². The van der Waals surface area contributed by atoms with Gasteiger partial charge in [-0.15, -0.1) is 23.5 Å². The standard InChI is InChI=1S/C12H12S2/c1-13-11-7-8-12(14-2)10-6-4-3-5-9(10)11/h3-8H,1-2H3. The van der Waals surface area contributed by atoms with Crippen molar-refractivity contribution < 1.29 is 0 Å². The Morgan fingerprint density at radius 2 is 1.14 bits per heavy atom. The Hall–Kier alpha value is -0.600. The smallest absolute Gasteiger partial charge is 0.0148 e. The van der Waals surface area contributed by atoms with Gasteiger partial charge in [-0.05, 0) is 35.4 Å². The zero-order valence-electron chi connectivity index (χ0n) is 8.28. The van der Waals surface area contributed by atoms with Gasteiger partial charge in [-0.2, -0.15) is 0 Å². The van der Waals surface area contributed by atoms with Gasteiger partial charge in [0.2, 0.25) is 0 Å². The number of fused-ring (bicyclic) bond motifs is 1. The summed E-state index contributed by atoms with van der Waals surface area (Å²) >= 11 is 3.62. The first-order valence-electron chi connectivity index (χ1n) is 4.46. The highest BCUT2D eigenvalue weighted by molar-refractivity contribution is 7.99. The Kier molecular flexibility index (Phi) is 3.04. The van der Waals surface area contributed by atoms with Gasteiger partial charge in [0, 0.05) is 9.79 Å². The maximum Gasteiger partial charge on any atom is 0.0148 e. The van der Waals surface area contributed by atoms with E-state index in [0.717, 1.165) is 0 Å². The predicted octanol–water partition coefficient (Wildman–Crippen LogP) is 4.28. The highest BCUT2D eigenvalue weighted by atomic mass is 32.2. The molecule has 0 aliphatic rings. The van der Waals surface area contributed by atoms with E-state index < -0.39 is 0 Å². The summed E-state index contributed by atoms with van der Waals surface area (Å²) in [5, 5.41) is 2.73. The van der Waals surface area contributed by atoms with Gasteiger partial charge in [-0.3, -0.25) is 0 Å². The summed E-state index contributed by atoms with van der Waals surface area (Å²) in [6.45, 7) is 0. The van der Waals surface area contributed by atoms with Crippen molar-refractivity contribution in [3.63, 3.8) is 0 Å². The molecular weight excluding hydrogens is 208 g/mol. The quantitative estimate of drug-likeness (QED) is 0.693. The highest BCUT2D eigenvalue weighted by Gasteiger charge is 2.03. The second-order valence-electron chi connectivity index (χ2n) is 3.02. The maximum absolute atomic E-state index is 2.21. The third kappa shape index (κ3) is 1.64. The van der Waals surface area contributed by atoms with Crippen LogP contribution in [-0.2, 0) is 0 Å². The molecule has 2 heteroatoms. The molecule has 0 saturated heterocycles. The molecule has 14 heavy (non-hydrogen) atoms. The van der Waals surface area contributed by atoms with Crippen LogP contribution >= 0.6 is 23.5 Å². The van der Waals surface area contributed by atoms with Crippen molar-refractivity contribution in [1.29, 1.82) is 0 Å². The number of rotatable bonds is 2. The van der Waals surface area contributed by atoms with E-state index in [9.17, 15) is 0 Å². The number of thioether (sulfide) groups is 2. The molecule has 0 aromatic heterocycles. The fourth-order valence-electron chi connectivity index (χ4n) is 1.60. The summed E-state index contributed by atoms with van der Waals surface area (Å²) in [4.78, 5) is 2.72. The Labute approximate surface area is 93.1 Å². The molecule has 2 aromatic rings. The number of hydrogen-bond acceptors (Lipinski definition) is 2. The zero-order chi connectivity index (χ0) is 9.97. The predicted molar refractivity (Wildman–Crippen MR) is 67.5 cm³/mol. The lowest BCUT2D eigenvalue weighted by molar-refractivity contribution is 1.45. The van der Waals surface area contributed by atoms with Gasteiger partial charge in [0.15, 0.2) is 0 Å². The van der Waals surface area contributed by atoms with E-state index in [2.05, 4.69) is 48.9 Å². The van der Waals surface area contributed by atoms with E-state index in [1.165, 1.54) is 20.6 Å². The van der Waals surface area contributed by atoms with Crippen molar-refractivity contribution >= 4 is 34.3 Å². The van der Waals surface area contributed by atoms with Crippen molar-refractivity contribution in [2.45, 2.75) is 9.79 Å². The Morgan fingerprint density at radius 1 is 0.714 bits per heavy atom. The van der Waals surface area contributed by atoms with Crippen LogP contribution in [0.25, 0.3) is 10.8 Å². The lowest BCUT2D eigenvalue weighted by atomic mass is 10.1. The van der Waals surface area contributed by atoms with Gasteiger partial charge >= 0.3 is 0 Å². The fourth-order valence-corrected chi connectivity index (χ4v) is 2.80. The van der Waals surface area contributed by atoms with Crippen molar-refractivity contribution in [2.24, 2.45) is 0 Å². The molecule has 0 unspecified atom stereocenters. The van der Waals surface area contributed by atoms with Crippen LogP contribution in [0.1, 0.15) is 0 Å². The van der Waals surface area contributed by atoms with Gasteiger partial charge in [-0.1, -0.05) is 24.3 Å². The van der Waals surface area contributed by atoms with Crippen LogP contribution < -0.4 is 0 Å². The molecular formula is C12H12S2. The van der Waals surface area contributed by atoms with E-state index in [-0.39, 0.29) is 0 Å². The first-order chi connectivity index (χ1) is 6.86. The van der Waals surface area contributed by atoms with Crippen molar-refractivity contribution in [3.05, 3.63) is 36.4 Å². The van der Waals surface area contributed by atoms with E-state index in [1.54, 1.807) is 0 Å². The van der Waals surface area contributed by atoms with E-state index >= 15 is 0 Å². The molecule has 0 aliphatic carbocycles. The van der Waals surface area contributed by atoms with Crippen molar-refractivity contribution in [2.75, 3.05) is 12.5 Å². The summed E-state index contributed by atoms with van der Waals surface area (Å²) < 4.78 is 0. The largest absolute Gasteiger partial charge is 0.129 e. The molecule has 2 aromatic carbocycles. The lowest BCUT2D eigenvalue weighted by Crippen LogP contribution is -1.79. The lowest BCUT2D eigenvalue weighted by Gasteiger charge is -2.07. The summed E-state index contributed by atoms with van der Waals surface area (Å²) in [5.74, 6) is 0. The maximum atomic E-state index is 2.21. The minimum absolute atomic E-state index is 1.36. The Balaban J connectivity index is 2.78. The highest BCUT2D eigenvalue weighted by Crippen LogP contribution is 2.32. The summed E-state index contributed by atoms with van der Waals surface area (Å²) in [6, 6.07) is 13.0. The summed E-state index contributed by atoms with van der Waals surface area (Å²) in [7, 11) is 0. The summed E-state index contributed by atoms with van der Waals surface area (Å²) in [6.07, 6.45) is 4.25. The molecule has 0 aliphatic heterocycles. The van der Waals surface area contributed by atoms with Crippen LogP contribution in [0.4, 0.5) is 0 Å². The van der Waals surface area contributed by atoms with Crippen LogP contribution in [0.3, 0.4) is 0 Å². The normalized spacial score (nSPS) is 10.7. The minimum Gasteiger partial charge on any atom is -0.129 e. The van der Waals surface area contributed by atoms with Crippen LogP contribution in [0.2, 0.25) is 0 Å². The number of benzene rings is 2. The average Bonchev–Trinajstić information content (AvgIpc) is 2.27. The molecule has 0 nitrogen and oxygen atoms in total. The minimum atomic E-state index is 1.36. The fraction of sp³-hybridized carbons (Fsp3) is 0.167.